The number of aryl methyl sites for hydroxylation is 2. The standard InChI is InChI=1S/C17H22F2O2/c1-4-13-5-7-14(8-6-13)17(18,19)21-15-9-11(2)16(20)12(3)10-15/h4,9-10,13-14,20H,1,5-8H2,2-3H3. The van der Waals surface area contributed by atoms with Gasteiger partial charge in [-0.05, 0) is 68.7 Å². The minimum absolute atomic E-state index is 0.110. The van der Waals surface area contributed by atoms with Gasteiger partial charge in [0.1, 0.15) is 11.5 Å². The molecule has 0 spiro atoms. The van der Waals surface area contributed by atoms with Crippen molar-refractivity contribution in [1.82, 2.24) is 0 Å². The molecular formula is C17H22F2O2. The Balaban J connectivity index is 2.09. The third-order valence-corrected chi connectivity index (χ3v) is 4.30. The molecule has 1 aliphatic carbocycles. The quantitative estimate of drug-likeness (QED) is 0.795. The maximum absolute atomic E-state index is 14.3. The van der Waals surface area contributed by atoms with E-state index in [0.29, 0.717) is 29.9 Å². The number of phenolic OH excluding ortho intramolecular Hbond substituents is 1. The first-order chi connectivity index (χ1) is 9.83. The molecule has 0 heterocycles. The van der Waals surface area contributed by atoms with E-state index in [2.05, 4.69) is 6.58 Å². The average Bonchev–Trinajstić information content (AvgIpc) is 2.44. The van der Waals surface area contributed by atoms with E-state index < -0.39 is 12.0 Å². The van der Waals surface area contributed by atoms with E-state index in [1.165, 1.54) is 12.1 Å². The van der Waals surface area contributed by atoms with Crippen molar-refractivity contribution in [3.05, 3.63) is 35.9 Å². The maximum atomic E-state index is 14.3. The van der Waals surface area contributed by atoms with Gasteiger partial charge in [0.2, 0.25) is 0 Å². The van der Waals surface area contributed by atoms with Gasteiger partial charge in [0.25, 0.3) is 0 Å². The summed E-state index contributed by atoms with van der Waals surface area (Å²) in [5.74, 6) is -0.186. The highest BCUT2D eigenvalue weighted by atomic mass is 19.3. The van der Waals surface area contributed by atoms with Crippen LogP contribution < -0.4 is 4.74 Å². The second-order valence-electron chi connectivity index (χ2n) is 5.92. The fourth-order valence-electron chi connectivity index (χ4n) is 2.91. The molecule has 1 N–H and O–H groups in total. The van der Waals surface area contributed by atoms with Gasteiger partial charge in [0.15, 0.2) is 0 Å². The molecular weight excluding hydrogens is 274 g/mol. The summed E-state index contributed by atoms with van der Waals surface area (Å²) in [6.07, 6.45) is 1.03. The van der Waals surface area contributed by atoms with E-state index in [1.54, 1.807) is 13.8 Å². The number of hydrogen-bond donors (Lipinski definition) is 1. The SMILES string of the molecule is C=CC1CCC(C(F)(F)Oc2cc(C)c(O)c(C)c2)CC1. The van der Waals surface area contributed by atoms with Gasteiger partial charge in [-0.15, -0.1) is 6.58 Å². The minimum Gasteiger partial charge on any atom is -0.507 e. The largest absolute Gasteiger partial charge is 0.507 e. The zero-order valence-corrected chi connectivity index (χ0v) is 12.5. The average molecular weight is 296 g/mol. The number of allylic oxidation sites excluding steroid dienone is 1. The molecule has 21 heavy (non-hydrogen) atoms. The Kier molecular flexibility index (Phi) is 4.55. The van der Waals surface area contributed by atoms with Crippen molar-refractivity contribution in [2.75, 3.05) is 0 Å². The first-order valence-electron chi connectivity index (χ1n) is 7.33. The summed E-state index contributed by atoms with van der Waals surface area (Å²) in [4.78, 5) is 0. The van der Waals surface area contributed by atoms with E-state index in [0.717, 1.165) is 12.8 Å². The summed E-state index contributed by atoms with van der Waals surface area (Å²) in [7, 11) is 0. The van der Waals surface area contributed by atoms with E-state index >= 15 is 0 Å². The van der Waals surface area contributed by atoms with Crippen molar-refractivity contribution >= 4 is 0 Å². The van der Waals surface area contributed by atoms with Gasteiger partial charge in [-0.1, -0.05) is 6.08 Å². The normalized spacial score (nSPS) is 22.9. The van der Waals surface area contributed by atoms with Gasteiger partial charge in [0.05, 0.1) is 5.92 Å². The minimum atomic E-state index is -3.18. The summed E-state index contributed by atoms with van der Waals surface area (Å²) in [6.45, 7) is 7.06. The van der Waals surface area contributed by atoms with Gasteiger partial charge in [0, 0.05) is 0 Å². The molecule has 2 nitrogen and oxygen atoms in total. The number of benzene rings is 1. The van der Waals surface area contributed by atoms with Crippen LogP contribution in [0.25, 0.3) is 0 Å². The molecule has 0 aliphatic heterocycles. The smallest absolute Gasteiger partial charge is 0.400 e. The van der Waals surface area contributed by atoms with Crippen LogP contribution in [0.3, 0.4) is 0 Å². The predicted molar refractivity (Wildman–Crippen MR) is 78.8 cm³/mol. The molecule has 1 aromatic rings. The van der Waals surface area contributed by atoms with Gasteiger partial charge in [-0.3, -0.25) is 0 Å². The molecule has 1 aromatic carbocycles. The Bertz CT molecular complexity index is 495. The lowest BCUT2D eigenvalue weighted by atomic mass is 9.81. The Morgan fingerprint density at radius 3 is 2.19 bits per heavy atom. The molecule has 4 heteroatoms. The van der Waals surface area contributed by atoms with Crippen LogP contribution in [-0.2, 0) is 0 Å². The second kappa shape index (κ2) is 6.04. The lowest BCUT2D eigenvalue weighted by Gasteiger charge is -2.32. The third-order valence-electron chi connectivity index (χ3n) is 4.30. The van der Waals surface area contributed by atoms with Crippen LogP contribution in [0.4, 0.5) is 8.78 Å². The van der Waals surface area contributed by atoms with Crippen molar-refractivity contribution in [2.45, 2.75) is 45.6 Å². The lowest BCUT2D eigenvalue weighted by Crippen LogP contribution is -2.37. The number of halogens is 2. The molecule has 0 aromatic heterocycles. The molecule has 0 amide bonds. The highest BCUT2D eigenvalue weighted by Crippen LogP contribution is 2.41. The number of rotatable bonds is 4. The Hall–Kier alpha value is -1.58. The predicted octanol–water partition coefficient (Wildman–Crippen LogP) is 4.97. The third kappa shape index (κ3) is 3.55. The summed E-state index contributed by atoms with van der Waals surface area (Å²) < 4.78 is 33.5. The fourth-order valence-corrected chi connectivity index (χ4v) is 2.91. The van der Waals surface area contributed by atoms with Gasteiger partial charge in [-0.25, -0.2) is 0 Å². The first kappa shape index (κ1) is 15.8. The van der Waals surface area contributed by atoms with Crippen LogP contribution in [0.1, 0.15) is 36.8 Å². The summed E-state index contributed by atoms with van der Waals surface area (Å²) in [5, 5.41) is 9.68. The summed E-state index contributed by atoms with van der Waals surface area (Å²) in [5.41, 5.74) is 1.08. The molecule has 1 aliphatic rings. The Morgan fingerprint density at radius 1 is 1.19 bits per heavy atom. The van der Waals surface area contributed by atoms with Crippen LogP contribution in [0, 0.1) is 25.7 Å². The van der Waals surface area contributed by atoms with Gasteiger partial charge < -0.3 is 9.84 Å². The molecule has 0 atom stereocenters. The van der Waals surface area contributed by atoms with Crippen molar-refractivity contribution in [3.8, 4) is 11.5 Å². The van der Waals surface area contributed by atoms with E-state index in [1.807, 2.05) is 6.08 Å². The molecule has 2 rings (SSSR count). The topological polar surface area (TPSA) is 29.5 Å². The van der Waals surface area contributed by atoms with Crippen molar-refractivity contribution < 1.29 is 18.6 Å². The number of phenols is 1. The van der Waals surface area contributed by atoms with Crippen LogP contribution in [0.5, 0.6) is 11.5 Å². The Morgan fingerprint density at radius 2 is 1.71 bits per heavy atom. The van der Waals surface area contributed by atoms with E-state index in [9.17, 15) is 13.9 Å². The first-order valence-corrected chi connectivity index (χ1v) is 7.33. The Labute approximate surface area is 124 Å². The zero-order valence-electron chi connectivity index (χ0n) is 12.5. The van der Waals surface area contributed by atoms with Crippen molar-refractivity contribution in [3.63, 3.8) is 0 Å². The van der Waals surface area contributed by atoms with E-state index in [-0.39, 0.29) is 11.5 Å². The number of aromatic hydroxyl groups is 1. The molecule has 0 radical (unpaired) electrons. The highest BCUT2D eigenvalue weighted by molar-refractivity contribution is 5.44. The van der Waals surface area contributed by atoms with E-state index in [4.69, 9.17) is 4.74 Å². The monoisotopic (exact) mass is 296 g/mol. The number of alkyl halides is 2. The molecule has 1 fully saturated rings. The molecule has 116 valence electrons. The summed E-state index contributed by atoms with van der Waals surface area (Å²) in [6, 6.07) is 2.90. The highest BCUT2D eigenvalue weighted by Gasteiger charge is 2.43. The van der Waals surface area contributed by atoms with Crippen LogP contribution in [0.2, 0.25) is 0 Å². The molecule has 0 unspecified atom stereocenters. The maximum Gasteiger partial charge on any atom is 0.400 e. The van der Waals surface area contributed by atoms with Crippen LogP contribution in [-0.4, -0.2) is 11.2 Å². The van der Waals surface area contributed by atoms with Gasteiger partial charge >= 0.3 is 6.11 Å². The van der Waals surface area contributed by atoms with Crippen LogP contribution >= 0.6 is 0 Å². The lowest BCUT2D eigenvalue weighted by molar-refractivity contribution is -0.223. The molecule has 0 bridgehead atoms. The summed E-state index contributed by atoms with van der Waals surface area (Å²) >= 11 is 0. The fraction of sp³-hybridized carbons (Fsp3) is 0.529. The molecule has 1 saturated carbocycles. The van der Waals surface area contributed by atoms with Gasteiger partial charge in [-0.2, -0.15) is 8.78 Å². The zero-order chi connectivity index (χ0) is 15.6. The number of ether oxygens (including phenoxy) is 1. The molecule has 0 saturated heterocycles. The van der Waals surface area contributed by atoms with Crippen molar-refractivity contribution in [2.24, 2.45) is 11.8 Å². The number of hydrogen-bond acceptors (Lipinski definition) is 2. The van der Waals surface area contributed by atoms with Crippen molar-refractivity contribution in [1.29, 1.82) is 0 Å². The second-order valence-corrected chi connectivity index (χ2v) is 5.92. The van der Waals surface area contributed by atoms with Crippen LogP contribution in [0.15, 0.2) is 24.8 Å².